The first-order chi connectivity index (χ1) is 11.5. The van der Waals surface area contributed by atoms with Crippen molar-refractivity contribution < 1.29 is 20.4 Å². The molecule has 6 nitrogen and oxygen atoms in total. The first-order valence-electron chi connectivity index (χ1n) is 7.28. The van der Waals surface area contributed by atoms with E-state index >= 15 is 0 Å². The molecule has 0 bridgehead atoms. The number of rotatable bonds is 7. The first-order valence-corrected chi connectivity index (χ1v) is 9.77. The van der Waals surface area contributed by atoms with Gasteiger partial charge in [-0.1, -0.05) is 21.6 Å². The lowest BCUT2D eigenvalue weighted by atomic mass is 10.1. The van der Waals surface area contributed by atoms with Crippen LogP contribution in [0.1, 0.15) is 33.6 Å². The van der Waals surface area contributed by atoms with Gasteiger partial charge in [0.05, 0.1) is 24.6 Å². The van der Waals surface area contributed by atoms with Crippen LogP contribution in [0.15, 0.2) is 12.4 Å². The Labute approximate surface area is 148 Å². The van der Waals surface area contributed by atoms with Crippen molar-refractivity contribution in [2.24, 2.45) is 0 Å². The minimum atomic E-state index is -0.180. The van der Waals surface area contributed by atoms with E-state index in [0.29, 0.717) is 45.1 Å². The zero-order valence-corrected chi connectivity index (χ0v) is 15.1. The molecule has 24 heavy (non-hydrogen) atoms. The van der Waals surface area contributed by atoms with E-state index in [2.05, 4.69) is 9.97 Å². The Morgan fingerprint density at radius 3 is 1.50 bits per heavy atom. The summed E-state index contributed by atoms with van der Waals surface area (Å²) in [6.45, 7) is 3.06. The van der Waals surface area contributed by atoms with Crippen LogP contribution in [-0.4, -0.2) is 30.4 Å². The van der Waals surface area contributed by atoms with E-state index in [1.807, 2.05) is 0 Å². The number of pyridine rings is 2. The molecule has 0 aromatic carbocycles. The third-order valence-corrected chi connectivity index (χ3v) is 5.88. The predicted molar refractivity (Wildman–Crippen MR) is 95.7 cm³/mol. The molecule has 0 aliphatic rings. The highest BCUT2D eigenvalue weighted by atomic mass is 33.1. The normalized spacial score (nSPS) is 11.0. The molecule has 0 atom stereocenters. The average molecular weight is 368 g/mol. The number of aliphatic hydroxyl groups excluding tert-OH is 2. The molecule has 4 N–H and O–H groups in total. The van der Waals surface area contributed by atoms with Gasteiger partial charge in [0.15, 0.2) is 0 Å². The van der Waals surface area contributed by atoms with Gasteiger partial charge < -0.3 is 20.4 Å². The van der Waals surface area contributed by atoms with Crippen molar-refractivity contribution >= 4 is 21.6 Å². The van der Waals surface area contributed by atoms with Gasteiger partial charge in [0.1, 0.15) is 11.5 Å². The third kappa shape index (κ3) is 4.13. The van der Waals surface area contributed by atoms with E-state index in [0.717, 1.165) is 0 Å². The summed E-state index contributed by atoms with van der Waals surface area (Å²) in [6.07, 6.45) is 3.13. The second kappa shape index (κ2) is 8.57. The number of nitrogens with zero attached hydrogens (tertiary/aromatic N) is 2. The Morgan fingerprint density at radius 1 is 0.792 bits per heavy atom. The van der Waals surface area contributed by atoms with Crippen molar-refractivity contribution in [3.8, 4) is 11.5 Å². The van der Waals surface area contributed by atoms with Gasteiger partial charge in [0.2, 0.25) is 0 Å². The van der Waals surface area contributed by atoms with Crippen molar-refractivity contribution in [1.82, 2.24) is 9.97 Å². The minimum Gasteiger partial charge on any atom is -0.506 e. The van der Waals surface area contributed by atoms with Gasteiger partial charge in [-0.3, -0.25) is 9.97 Å². The Morgan fingerprint density at radius 2 is 1.17 bits per heavy atom. The fraction of sp³-hybridized carbons (Fsp3) is 0.375. The van der Waals surface area contributed by atoms with Crippen molar-refractivity contribution in [3.05, 3.63) is 46.0 Å². The van der Waals surface area contributed by atoms with Crippen molar-refractivity contribution in [2.45, 2.75) is 38.6 Å². The summed E-state index contributed by atoms with van der Waals surface area (Å²) < 4.78 is 0. The molecule has 130 valence electrons. The molecule has 0 unspecified atom stereocenters. The molecular weight excluding hydrogens is 348 g/mol. The van der Waals surface area contributed by atoms with Crippen LogP contribution in [0, 0.1) is 13.8 Å². The van der Waals surface area contributed by atoms with Crippen LogP contribution < -0.4 is 0 Å². The van der Waals surface area contributed by atoms with Crippen LogP contribution >= 0.6 is 21.6 Å². The van der Waals surface area contributed by atoms with Crippen LogP contribution in [0.25, 0.3) is 0 Å². The lowest BCUT2D eigenvalue weighted by Crippen LogP contribution is -1.98. The number of aryl methyl sites for hydroxylation is 2. The van der Waals surface area contributed by atoms with Gasteiger partial charge in [-0.05, 0) is 13.8 Å². The zero-order valence-electron chi connectivity index (χ0n) is 13.5. The monoisotopic (exact) mass is 368 g/mol. The van der Waals surface area contributed by atoms with E-state index in [1.54, 1.807) is 26.2 Å². The summed E-state index contributed by atoms with van der Waals surface area (Å²) in [6, 6.07) is 0. The Hall–Kier alpha value is -1.48. The van der Waals surface area contributed by atoms with Gasteiger partial charge >= 0.3 is 0 Å². The largest absolute Gasteiger partial charge is 0.506 e. The molecular formula is C16H20N2O4S2. The smallest absolute Gasteiger partial charge is 0.141 e. The SMILES string of the molecule is Cc1ncc(CO)c(CSSCc2c(CO)cnc(C)c2O)c1O. The summed E-state index contributed by atoms with van der Waals surface area (Å²) in [7, 11) is 2.98. The molecule has 0 radical (unpaired) electrons. The molecule has 8 heteroatoms. The van der Waals surface area contributed by atoms with Crippen molar-refractivity contribution in [2.75, 3.05) is 0 Å². The molecule has 2 rings (SSSR count). The van der Waals surface area contributed by atoms with Crippen LogP contribution in [0.4, 0.5) is 0 Å². The summed E-state index contributed by atoms with van der Waals surface area (Å²) >= 11 is 0. The lowest BCUT2D eigenvalue weighted by Gasteiger charge is -2.12. The number of hydrogen-bond acceptors (Lipinski definition) is 8. The minimum absolute atomic E-state index is 0.105. The second-order valence-electron chi connectivity index (χ2n) is 5.23. The van der Waals surface area contributed by atoms with Crippen LogP contribution in [0.5, 0.6) is 11.5 Å². The van der Waals surface area contributed by atoms with Gasteiger partial charge in [0.25, 0.3) is 0 Å². The molecule has 0 fully saturated rings. The van der Waals surface area contributed by atoms with Crippen molar-refractivity contribution in [1.29, 1.82) is 0 Å². The standard InChI is InChI=1S/C16H20N2O4S2/c1-9-15(21)13(11(5-19)3-17-9)7-23-24-8-14-12(6-20)4-18-10(2)16(14)22/h3-4,19-22H,5-8H2,1-2H3. The molecule has 0 amide bonds. The van der Waals surface area contributed by atoms with Crippen molar-refractivity contribution in [3.63, 3.8) is 0 Å². The molecule has 0 aliphatic heterocycles. The number of aliphatic hydroxyl groups is 2. The lowest BCUT2D eigenvalue weighted by molar-refractivity contribution is 0.279. The van der Waals surface area contributed by atoms with E-state index < -0.39 is 0 Å². The number of aromatic nitrogens is 2. The summed E-state index contributed by atoms with van der Waals surface area (Å²) in [5.41, 5.74) is 3.59. The highest BCUT2D eigenvalue weighted by Gasteiger charge is 2.14. The predicted octanol–water partition coefficient (Wildman–Crippen LogP) is 2.57. The summed E-state index contributed by atoms with van der Waals surface area (Å²) in [5, 5.41) is 39.0. The van der Waals surface area contributed by atoms with Gasteiger partial charge in [0, 0.05) is 46.2 Å². The fourth-order valence-electron chi connectivity index (χ4n) is 2.16. The highest BCUT2D eigenvalue weighted by Crippen LogP contribution is 2.37. The molecule has 0 aliphatic carbocycles. The Kier molecular flexibility index (Phi) is 6.73. The van der Waals surface area contributed by atoms with Crippen LogP contribution in [0.3, 0.4) is 0 Å². The van der Waals surface area contributed by atoms with E-state index in [4.69, 9.17) is 0 Å². The van der Waals surface area contributed by atoms with E-state index in [-0.39, 0.29) is 24.7 Å². The molecule has 0 saturated carbocycles. The summed E-state index contributed by atoms with van der Waals surface area (Å²) in [4.78, 5) is 8.07. The molecule has 2 aromatic heterocycles. The van der Waals surface area contributed by atoms with E-state index in [1.165, 1.54) is 21.6 Å². The molecule has 0 saturated heterocycles. The maximum absolute atomic E-state index is 10.1. The van der Waals surface area contributed by atoms with E-state index in [9.17, 15) is 20.4 Å². The Balaban J connectivity index is 2.05. The first kappa shape index (κ1) is 18.9. The maximum atomic E-state index is 10.1. The molecule has 2 heterocycles. The van der Waals surface area contributed by atoms with Gasteiger partial charge in [-0.15, -0.1) is 0 Å². The fourth-order valence-corrected chi connectivity index (χ4v) is 4.42. The maximum Gasteiger partial charge on any atom is 0.141 e. The van der Waals surface area contributed by atoms with Gasteiger partial charge in [-0.2, -0.15) is 0 Å². The van der Waals surface area contributed by atoms with Crippen LogP contribution in [-0.2, 0) is 24.7 Å². The number of aromatic hydroxyl groups is 2. The Bertz CT molecular complexity index is 664. The topological polar surface area (TPSA) is 107 Å². The summed E-state index contributed by atoms with van der Waals surface area (Å²) in [5.74, 6) is 1.20. The quantitative estimate of drug-likeness (QED) is 0.436. The zero-order chi connectivity index (χ0) is 17.7. The average Bonchev–Trinajstić information content (AvgIpc) is 2.58. The second-order valence-corrected chi connectivity index (χ2v) is 7.70. The molecule has 0 spiro atoms. The van der Waals surface area contributed by atoms with Crippen LogP contribution in [0.2, 0.25) is 0 Å². The number of hydrogen-bond donors (Lipinski definition) is 4. The third-order valence-electron chi connectivity index (χ3n) is 3.69. The van der Waals surface area contributed by atoms with Gasteiger partial charge in [-0.25, -0.2) is 0 Å². The molecule has 2 aromatic rings. The highest BCUT2D eigenvalue weighted by molar-refractivity contribution is 8.76.